The maximum Gasteiger partial charge on any atom is 0.243 e. The van der Waals surface area contributed by atoms with Crippen LogP contribution in [-0.4, -0.2) is 36.5 Å². The molecule has 1 aromatic rings. The van der Waals surface area contributed by atoms with E-state index in [0.29, 0.717) is 0 Å². The molecule has 0 atom stereocenters. The molecule has 17 heavy (non-hydrogen) atoms. The van der Waals surface area contributed by atoms with Crippen molar-refractivity contribution in [1.29, 1.82) is 0 Å². The minimum absolute atomic E-state index is 0.255. The third-order valence-corrected chi connectivity index (χ3v) is 3.47. The minimum atomic E-state index is -0.589. The number of rotatable bonds is 3. The van der Waals surface area contributed by atoms with Crippen LogP contribution in [0.3, 0.4) is 0 Å². The normalized spacial score (nSPS) is 19.8. The Hall–Kier alpha value is -1.55. The number of carbonyl (C=O) groups is 1. The van der Waals surface area contributed by atoms with Gasteiger partial charge in [-0.05, 0) is 32.0 Å². The number of nitrogens with two attached hydrogens (primary N) is 1. The van der Waals surface area contributed by atoms with Crippen LogP contribution in [0, 0.1) is 0 Å². The summed E-state index contributed by atoms with van der Waals surface area (Å²) in [6, 6.07) is 9.78. The van der Waals surface area contributed by atoms with E-state index in [-0.39, 0.29) is 5.91 Å². The van der Waals surface area contributed by atoms with E-state index in [4.69, 9.17) is 5.73 Å². The van der Waals surface area contributed by atoms with Crippen LogP contribution in [0.2, 0.25) is 0 Å². The predicted molar refractivity (Wildman–Crippen MR) is 68.7 cm³/mol. The van der Waals surface area contributed by atoms with Crippen LogP contribution in [0.4, 0.5) is 5.69 Å². The summed E-state index contributed by atoms with van der Waals surface area (Å²) in [6.45, 7) is 1.78. The number of primary amides is 1. The lowest BCUT2D eigenvalue weighted by atomic mass is 9.86. The number of benzene rings is 1. The summed E-state index contributed by atoms with van der Waals surface area (Å²) in [7, 11) is 2.06. The van der Waals surface area contributed by atoms with E-state index in [2.05, 4.69) is 17.3 Å². The second-order valence-electron chi connectivity index (χ2n) is 4.74. The van der Waals surface area contributed by atoms with Crippen LogP contribution in [0.5, 0.6) is 0 Å². The van der Waals surface area contributed by atoms with Crippen molar-refractivity contribution in [3.8, 4) is 0 Å². The Balaban J connectivity index is 2.15. The fraction of sp³-hybridized carbons (Fsp3) is 0.462. The van der Waals surface area contributed by atoms with E-state index in [1.54, 1.807) is 0 Å². The third-order valence-electron chi connectivity index (χ3n) is 3.47. The second kappa shape index (κ2) is 4.75. The van der Waals surface area contributed by atoms with Gasteiger partial charge >= 0.3 is 0 Å². The zero-order valence-corrected chi connectivity index (χ0v) is 10.1. The van der Waals surface area contributed by atoms with Crippen molar-refractivity contribution in [2.24, 2.45) is 5.73 Å². The van der Waals surface area contributed by atoms with Crippen LogP contribution in [0.1, 0.15) is 12.8 Å². The molecule has 1 heterocycles. The van der Waals surface area contributed by atoms with Gasteiger partial charge in [0.25, 0.3) is 0 Å². The molecule has 1 amide bonds. The van der Waals surface area contributed by atoms with Gasteiger partial charge in [-0.2, -0.15) is 0 Å². The summed E-state index contributed by atoms with van der Waals surface area (Å²) in [5, 5.41) is 3.31. The van der Waals surface area contributed by atoms with Crippen molar-refractivity contribution in [2.75, 3.05) is 25.5 Å². The molecule has 1 aliphatic heterocycles. The first-order valence-electron chi connectivity index (χ1n) is 5.94. The lowest BCUT2D eigenvalue weighted by Crippen LogP contribution is -2.56. The number of hydrogen-bond donors (Lipinski definition) is 2. The molecule has 2 rings (SSSR count). The minimum Gasteiger partial charge on any atom is -0.371 e. The molecule has 3 N–H and O–H groups in total. The summed E-state index contributed by atoms with van der Waals surface area (Å²) in [4.78, 5) is 13.9. The van der Waals surface area contributed by atoms with E-state index >= 15 is 0 Å². The lowest BCUT2D eigenvalue weighted by molar-refractivity contribution is -0.123. The molecule has 1 aliphatic rings. The summed E-state index contributed by atoms with van der Waals surface area (Å²) < 4.78 is 0. The monoisotopic (exact) mass is 233 g/mol. The van der Waals surface area contributed by atoms with Crippen LogP contribution in [0.15, 0.2) is 30.3 Å². The van der Waals surface area contributed by atoms with Gasteiger partial charge in [-0.3, -0.25) is 4.79 Å². The summed E-state index contributed by atoms with van der Waals surface area (Å²) in [5.41, 5.74) is 5.94. The Kier molecular flexibility index (Phi) is 3.33. The molecule has 0 aromatic heterocycles. The zero-order valence-electron chi connectivity index (χ0n) is 10.1. The number of carbonyl (C=O) groups excluding carboxylic acids is 1. The Labute approximate surface area is 102 Å². The number of para-hydroxylation sites is 1. The van der Waals surface area contributed by atoms with Crippen molar-refractivity contribution in [3.63, 3.8) is 0 Å². The van der Waals surface area contributed by atoms with Gasteiger partial charge in [0, 0.05) is 18.8 Å². The van der Waals surface area contributed by atoms with Crippen LogP contribution in [0.25, 0.3) is 0 Å². The summed E-state index contributed by atoms with van der Waals surface area (Å²) in [5.74, 6) is -0.255. The SMILES string of the molecule is CN1CCC(Nc2ccccc2)(C(N)=O)CC1. The van der Waals surface area contributed by atoms with Gasteiger partial charge in [-0.25, -0.2) is 0 Å². The molecule has 0 spiro atoms. The van der Waals surface area contributed by atoms with Gasteiger partial charge in [-0.15, -0.1) is 0 Å². The summed E-state index contributed by atoms with van der Waals surface area (Å²) in [6.07, 6.45) is 1.52. The number of amides is 1. The molecule has 0 saturated carbocycles. The maximum absolute atomic E-state index is 11.7. The first-order chi connectivity index (χ1) is 8.12. The van der Waals surface area contributed by atoms with Gasteiger partial charge in [0.1, 0.15) is 5.54 Å². The molecular weight excluding hydrogens is 214 g/mol. The molecule has 4 nitrogen and oxygen atoms in total. The van der Waals surface area contributed by atoms with E-state index in [1.165, 1.54) is 0 Å². The van der Waals surface area contributed by atoms with E-state index in [9.17, 15) is 4.79 Å². The molecule has 0 aliphatic carbocycles. The highest BCUT2D eigenvalue weighted by atomic mass is 16.1. The highest BCUT2D eigenvalue weighted by molar-refractivity contribution is 5.88. The van der Waals surface area contributed by atoms with Crippen molar-refractivity contribution in [3.05, 3.63) is 30.3 Å². The molecule has 1 aromatic carbocycles. The van der Waals surface area contributed by atoms with Gasteiger partial charge in [0.15, 0.2) is 0 Å². The molecule has 92 valence electrons. The Morgan fingerprint density at radius 1 is 1.29 bits per heavy atom. The first-order valence-corrected chi connectivity index (χ1v) is 5.94. The number of anilines is 1. The quantitative estimate of drug-likeness (QED) is 0.820. The average molecular weight is 233 g/mol. The predicted octanol–water partition coefficient (Wildman–Crippen LogP) is 1.05. The van der Waals surface area contributed by atoms with E-state index in [1.807, 2.05) is 30.3 Å². The Bertz CT molecular complexity index is 383. The molecule has 0 bridgehead atoms. The zero-order chi connectivity index (χ0) is 12.3. The van der Waals surface area contributed by atoms with Crippen LogP contribution >= 0.6 is 0 Å². The third kappa shape index (κ3) is 2.58. The smallest absolute Gasteiger partial charge is 0.243 e. The fourth-order valence-electron chi connectivity index (χ4n) is 2.23. The van der Waals surface area contributed by atoms with Gasteiger partial charge in [0.2, 0.25) is 5.91 Å². The highest BCUT2D eigenvalue weighted by Crippen LogP contribution is 2.26. The number of piperidine rings is 1. The average Bonchev–Trinajstić information content (AvgIpc) is 2.33. The first kappa shape index (κ1) is 11.9. The maximum atomic E-state index is 11.7. The number of nitrogens with one attached hydrogen (secondary N) is 1. The van der Waals surface area contributed by atoms with Crippen molar-refractivity contribution in [2.45, 2.75) is 18.4 Å². The van der Waals surface area contributed by atoms with Crippen molar-refractivity contribution < 1.29 is 4.79 Å². The number of likely N-dealkylation sites (tertiary alicyclic amines) is 1. The number of hydrogen-bond acceptors (Lipinski definition) is 3. The Morgan fingerprint density at radius 2 is 1.88 bits per heavy atom. The standard InChI is InChI=1S/C13H19N3O/c1-16-9-7-13(8-10-16,12(14)17)15-11-5-3-2-4-6-11/h2-6,15H,7-10H2,1H3,(H2,14,17). The fourth-order valence-corrected chi connectivity index (χ4v) is 2.23. The Morgan fingerprint density at radius 3 is 2.41 bits per heavy atom. The molecule has 1 saturated heterocycles. The van der Waals surface area contributed by atoms with E-state index in [0.717, 1.165) is 31.6 Å². The lowest BCUT2D eigenvalue weighted by Gasteiger charge is -2.39. The molecule has 4 heteroatoms. The van der Waals surface area contributed by atoms with Crippen molar-refractivity contribution >= 4 is 11.6 Å². The molecular formula is C13H19N3O. The van der Waals surface area contributed by atoms with E-state index < -0.39 is 5.54 Å². The van der Waals surface area contributed by atoms with Crippen molar-refractivity contribution in [1.82, 2.24) is 4.90 Å². The molecule has 1 fully saturated rings. The van der Waals surface area contributed by atoms with Gasteiger partial charge in [0.05, 0.1) is 0 Å². The summed E-state index contributed by atoms with van der Waals surface area (Å²) >= 11 is 0. The second-order valence-corrected chi connectivity index (χ2v) is 4.74. The molecule has 0 radical (unpaired) electrons. The highest BCUT2D eigenvalue weighted by Gasteiger charge is 2.39. The largest absolute Gasteiger partial charge is 0.371 e. The topological polar surface area (TPSA) is 58.4 Å². The van der Waals surface area contributed by atoms with Crippen LogP contribution in [-0.2, 0) is 4.79 Å². The number of nitrogens with zero attached hydrogens (tertiary/aromatic N) is 1. The van der Waals surface area contributed by atoms with Gasteiger partial charge in [-0.1, -0.05) is 18.2 Å². The molecule has 0 unspecified atom stereocenters. The van der Waals surface area contributed by atoms with Crippen LogP contribution < -0.4 is 11.1 Å². The van der Waals surface area contributed by atoms with Gasteiger partial charge < -0.3 is 16.0 Å².